The molecule has 21 heteroatoms. The number of nitrogens with one attached hydrogen (secondary N) is 4. The Morgan fingerprint density at radius 2 is 0.846 bits per heavy atom. The van der Waals surface area contributed by atoms with Crippen LogP contribution < -0.4 is 34.9 Å². The molecule has 0 radical (unpaired) electrons. The Morgan fingerprint density at radius 3 is 1.35 bits per heavy atom. The third kappa shape index (κ3) is 14.1. The van der Waals surface area contributed by atoms with Gasteiger partial charge in [-0.1, -0.05) is 82.0 Å². The smallest absolute Gasteiger partial charge is 0.320 e. The van der Waals surface area contributed by atoms with Gasteiger partial charge in [0, 0.05) is 69.2 Å². The molecule has 91 heavy (non-hydrogen) atoms. The van der Waals surface area contributed by atoms with E-state index in [1.165, 1.54) is 6.33 Å². The van der Waals surface area contributed by atoms with Crippen molar-refractivity contribution in [2.24, 2.45) is 0 Å². The van der Waals surface area contributed by atoms with Crippen molar-refractivity contribution in [1.29, 1.82) is 0 Å². The van der Waals surface area contributed by atoms with Crippen molar-refractivity contribution in [2.45, 2.75) is 20.8 Å². The summed E-state index contributed by atoms with van der Waals surface area (Å²) in [6.07, 6.45) is 6.70. The minimum Gasteiger partial charge on any atom is -0.497 e. The molecule has 7 aromatic heterocycles. The molecular weight excluding hydrogens is 1150 g/mol. The molecule has 446 valence electrons. The van der Waals surface area contributed by atoms with Gasteiger partial charge in [-0.25, -0.2) is 9.97 Å². The fourth-order valence-electron chi connectivity index (χ4n) is 9.56. The van der Waals surface area contributed by atoms with E-state index in [0.717, 1.165) is 94.8 Å². The number of anilines is 6. The van der Waals surface area contributed by atoms with Crippen molar-refractivity contribution in [3.05, 3.63) is 248 Å². The molecule has 0 fully saturated rings. The fourth-order valence-corrected chi connectivity index (χ4v) is 9.56. The number of pyridine rings is 2. The highest BCUT2D eigenvalue weighted by Crippen LogP contribution is 2.36. The maximum atomic E-state index is 6.16. The number of rotatable bonds is 16. The van der Waals surface area contributed by atoms with E-state index in [-0.39, 0.29) is 0 Å². The molecule has 0 atom stereocenters. The third-order valence-corrected chi connectivity index (χ3v) is 13.8. The van der Waals surface area contributed by atoms with E-state index in [1.54, 1.807) is 25.7 Å². The van der Waals surface area contributed by atoms with Gasteiger partial charge in [-0.2, -0.15) is 0 Å². The molecule has 0 spiro atoms. The van der Waals surface area contributed by atoms with Crippen LogP contribution in [0.1, 0.15) is 16.7 Å². The summed E-state index contributed by atoms with van der Waals surface area (Å²) < 4.78 is 40.9. The van der Waals surface area contributed by atoms with Gasteiger partial charge in [0.25, 0.3) is 0 Å². The van der Waals surface area contributed by atoms with Gasteiger partial charge in [0.15, 0.2) is 0 Å². The van der Waals surface area contributed by atoms with Gasteiger partial charge in [0.05, 0.1) is 23.5 Å². The van der Waals surface area contributed by atoms with Crippen LogP contribution in [-0.4, -0.2) is 62.6 Å². The van der Waals surface area contributed by atoms with Crippen LogP contribution in [0, 0.1) is 20.8 Å². The number of hydrogen-bond acceptors (Lipinski definition) is 20. The largest absolute Gasteiger partial charge is 0.497 e. The minimum atomic E-state index is 0.321. The van der Waals surface area contributed by atoms with Crippen LogP contribution in [0.2, 0.25) is 0 Å². The van der Waals surface area contributed by atoms with E-state index in [4.69, 9.17) is 32.2 Å². The lowest BCUT2D eigenvalue weighted by Gasteiger charge is -2.10. The van der Waals surface area contributed by atoms with Crippen LogP contribution in [0.4, 0.5) is 35.1 Å². The van der Waals surface area contributed by atoms with E-state index in [2.05, 4.69) is 71.5 Å². The van der Waals surface area contributed by atoms with Crippen molar-refractivity contribution >= 4 is 67.9 Å². The minimum absolute atomic E-state index is 0.321. The maximum absolute atomic E-state index is 6.16. The van der Waals surface area contributed by atoms with Gasteiger partial charge in [-0.05, 0) is 171 Å². The number of nitrogens with zero attached hydrogens (tertiary/aromatic N) is 10. The lowest BCUT2D eigenvalue weighted by Crippen LogP contribution is -1.90. The SMILES string of the molecule is COc1ccc2c(Oc3cccc(-c4nnc(Nc5cccc(C)c5)o4)c3)ccnc2c1.Cc1cccc(Nc2nnc(-c3cccc(Oc4ccnc5ccccc45)c3)o2)c1.Cc1cccc(Nc2nnc(-c3cccc(Oc4ncnc5[nH]ccc45)c3)o2)c1. The van der Waals surface area contributed by atoms with Crippen molar-refractivity contribution in [1.82, 2.24) is 55.5 Å². The van der Waals surface area contributed by atoms with Gasteiger partial charge in [0.2, 0.25) is 23.6 Å². The zero-order valence-corrected chi connectivity index (χ0v) is 49.3. The van der Waals surface area contributed by atoms with Crippen molar-refractivity contribution in [3.8, 4) is 74.7 Å². The van der Waals surface area contributed by atoms with Crippen LogP contribution in [0.3, 0.4) is 0 Å². The summed E-state index contributed by atoms with van der Waals surface area (Å²) in [5.41, 5.74) is 10.8. The van der Waals surface area contributed by atoms with E-state index in [1.807, 2.05) is 227 Å². The highest BCUT2D eigenvalue weighted by atomic mass is 16.5. The van der Waals surface area contributed by atoms with E-state index in [9.17, 15) is 0 Å². The molecule has 7 heterocycles. The van der Waals surface area contributed by atoms with Crippen LogP contribution in [-0.2, 0) is 0 Å². The van der Waals surface area contributed by atoms with Crippen LogP contribution in [0.5, 0.6) is 40.4 Å². The summed E-state index contributed by atoms with van der Waals surface area (Å²) >= 11 is 0. The maximum Gasteiger partial charge on any atom is 0.320 e. The number of methoxy groups -OCH3 is 1. The lowest BCUT2D eigenvalue weighted by atomic mass is 10.2. The topological polar surface area (TPSA) is 257 Å². The number of aromatic amines is 1. The molecule has 21 nitrogen and oxygen atoms in total. The standard InChI is InChI=1S/C25H20N4O3.C24H18N4O2.C21H16N6O2/c1-16-5-3-7-18(13-16)27-25-29-28-24(32-25)17-6-4-8-20(14-17)31-23-11-12-26-22-15-19(30-2)9-10-21(22)23;1-16-6-4-8-18(14-16)26-24-28-27-23(30-24)17-7-5-9-19(15-17)29-22-12-13-25-21-11-3-2-10-20(21)22;1-13-4-2-6-15(10-13)25-21-27-26-19(29-21)14-5-3-7-16(11-14)28-20-17-8-9-22-18(17)23-12-24-20/h3-15H,1-2H3,(H,27,29);2-15H,1H3,(H,26,28);2-12H,1H3,(H,25,27)(H,22,23,24). The first kappa shape index (κ1) is 57.3. The second-order valence-corrected chi connectivity index (χ2v) is 20.5. The van der Waals surface area contributed by atoms with Gasteiger partial charge in [-0.3, -0.25) is 9.97 Å². The Bertz CT molecular complexity index is 5000. The number of hydrogen-bond donors (Lipinski definition) is 4. The van der Waals surface area contributed by atoms with Crippen molar-refractivity contribution in [3.63, 3.8) is 0 Å². The predicted octanol–water partition coefficient (Wildman–Crippen LogP) is 17.1. The molecule has 15 rings (SSSR count). The third-order valence-electron chi connectivity index (χ3n) is 13.8. The zero-order chi connectivity index (χ0) is 61.9. The molecule has 0 aliphatic carbocycles. The molecule has 15 aromatic rings. The number of H-pyrrole nitrogens is 1. The van der Waals surface area contributed by atoms with Crippen LogP contribution >= 0.6 is 0 Å². The molecular formula is C70H54N14O7. The second kappa shape index (κ2) is 26.5. The lowest BCUT2D eigenvalue weighted by molar-refractivity contribution is 0.415. The summed E-state index contributed by atoms with van der Waals surface area (Å²) in [5, 5.41) is 36.7. The van der Waals surface area contributed by atoms with Gasteiger partial charge < -0.3 is 53.1 Å². The van der Waals surface area contributed by atoms with E-state index >= 15 is 0 Å². The first-order chi connectivity index (χ1) is 44.7. The molecule has 0 saturated carbocycles. The first-order valence-corrected chi connectivity index (χ1v) is 28.6. The molecule has 8 aromatic carbocycles. The number of para-hydroxylation sites is 1. The number of fused-ring (bicyclic) bond motifs is 3. The second-order valence-electron chi connectivity index (χ2n) is 20.5. The highest BCUT2D eigenvalue weighted by molar-refractivity contribution is 5.87. The van der Waals surface area contributed by atoms with Gasteiger partial charge in [-0.15, -0.1) is 15.3 Å². The first-order valence-electron chi connectivity index (χ1n) is 28.6. The summed E-state index contributed by atoms with van der Waals surface area (Å²) in [6.45, 7) is 6.08. The number of aromatic nitrogens is 11. The zero-order valence-electron chi connectivity index (χ0n) is 49.3. The van der Waals surface area contributed by atoms with Crippen LogP contribution in [0.25, 0.3) is 67.2 Å². The normalized spacial score (nSPS) is 10.9. The molecule has 0 amide bonds. The van der Waals surface area contributed by atoms with Crippen molar-refractivity contribution < 1.29 is 32.2 Å². The Balaban J connectivity index is 0.000000125. The highest BCUT2D eigenvalue weighted by Gasteiger charge is 2.16. The molecule has 0 saturated heterocycles. The number of ether oxygens (including phenoxy) is 4. The summed E-state index contributed by atoms with van der Waals surface area (Å²) in [7, 11) is 1.63. The van der Waals surface area contributed by atoms with Gasteiger partial charge >= 0.3 is 18.0 Å². The Labute approximate surface area is 519 Å². The Hall–Kier alpha value is -12.8. The molecule has 0 unspecified atom stereocenters. The average Bonchev–Trinajstić information content (AvgIpc) is 2.84. The van der Waals surface area contributed by atoms with Gasteiger partial charge in [0.1, 0.15) is 46.5 Å². The molecule has 0 aliphatic heterocycles. The van der Waals surface area contributed by atoms with E-state index in [0.29, 0.717) is 64.6 Å². The quantitative estimate of drug-likeness (QED) is 0.0701. The fraction of sp³-hybridized carbons (Fsp3) is 0.0571. The predicted molar refractivity (Wildman–Crippen MR) is 347 cm³/mol. The molecule has 0 bridgehead atoms. The summed E-state index contributed by atoms with van der Waals surface area (Å²) in [5.74, 6) is 5.79. The average molecular weight is 1200 g/mol. The Morgan fingerprint density at radius 1 is 0.374 bits per heavy atom. The van der Waals surface area contributed by atoms with Crippen LogP contribution in [0.15, 0.2) is 244 Å². The summed E-state index contributed by atoms with van der Waals surface area (Å²) in [6, 6.07) is 66.4. The monoisotopic (exact) mass is 1200 g/mol. The molecule has 4 N–H and O–H groups in total. The summed E-state index contributed by atoms with van der Waals surface area (Å²) in [4.78, 5) is 20.2. The number of benzene rings is 8. The Kier molecular flexibility index (Phi) is 16.7. The molecule has 0 aliphatic rings. The van der Waals surface area contributed by atoms with Crippen molar-refractivity contribution in [2.75, 3.05) is 23.1 Å². The number of aryl methyl sites for hydroxylation is 3. The van der Waals surface area contributed by atoms with E-state index < -0.39 is 0 Å².